The van der Waals surface area contributed by atoms with E-state index >= 15 is 0 Å². The van der Waals surface area contributed by atoms with Crippen LogP contribution in [-0.4, -0.2) is 76.2 Å². The monoisotopic (exact) mass is 268 g/mol. The third-order valence-electron chi connectivity index (χ3n) is 3.19. The molecule has 0 unspecified atom stereocenters. The lowest BCUT2D eigenvalue weighted by Crippen LogP contribution is -2.46. The number of benzene rings is 1. The van der Waals surface area contributed by atoms with Gasteiger partial charge in [0.25, 0.3) is 0 Å². The second-order valence-electron chi connectivity index (χ2n) is 5.92. The zero-order valence-corrected chi connectivity index (χ0v) is 12.2. The standard InChI is InChI=1S/C11H5B9O2/c1-9(15,16)2-10(17,18)3-4(12)6(14)8-7(5(3)13)21-11(19,20)22-8/h2H2,1H3. The van der Waals surface area contributed by atoms with Gasteiger partial charge in [0.2, 0.25) is 0 Å². The lowest BCUT2D eigenvalue weighted by atomic mass is 9.38. The van der Waals surface area contributed by atoms with Crippen molar-refractivity contribution in [2.24, 2.45) is 0 Å². The van der Waals surface area contributed by atoms with Gasteiger partial charge < -0.3 is 9.47 Å². The minimum atomic E-state index is -1.92. The molecule has 2 rings (SSSR count). The predicted molar refractivity (Wildman–Crippen MR) is 95.8 cm³/mol. The van der Waals surface area contributed by atoms with Gasteiger partial charge in [0.1, 0.15) is 23.5 Å². The highest BCUT2D eigenvalue weighted by molar-refractivity contribution is 6.56. The Kier molecular flexibility index (Phi) is 4.20. The maximum absolute atomic E-state index is 6.10. The van der Waals surface area contributed by atoms with Gasteiger partial charge in [0.05, 0.1) is 31.4 Å². The predicted octanol–water partition coefficient (Wildman–Crippen LogP) is -3.86. The van der Waals surface area contributed by atoms with Crippen LogP contribution < -0.4 is 25.9 Å². The molecule has 0 aromatic heterocycles. The molecule has 22 heavy (non-hydrogen) atoms. The Morgan fingerprint density at radius 3 is 1.77 bits per heavy atom. The highest BCUT2D eigenvalue weighted by Crippen LogP contribution is 2.37. The van der Waals surface area contributed by atoms with Crippen molar-refractivity contribution in [3.05, 3.63) is 5.56 Å². The number of hydrogen-bond acceptors (Lipinski definition) is 2. The fraction of sp³-hybridized carbons (Fsp3) is 0.455. The van der Waals surface area contributed by atoms with Gasteiger partial charge >= 0.3 is 0 Å². The van der Waals surface area contributed by atoms with E-state index in [1.54, 1.807) is 6.92 Å². The molecular formula is C11H5B9O2. The maximum Gasteiger partial charge on any atom is 0.175 e. The molecule has 1 aromatic carbocycles. The third-order valence-corrected chi connectivity index (χ3v) is 3.19. The minimum Gasteiger partial charge on any atom is -0.469 e. The van der Waals surface area contributed by atoms with Crippen LogP contribution in [0.1, 0.15) is 18.9 Å². The first kappa shape index (κ1) is 17.8. The van der Waals surface area contributed by atoms with E-state index in [0.717, 1.165) is 0 Å². The first-order valence-electron chi connectivity index (χ1n) is 6.37. The molecule has 1 aliphatic rings. The highest BCUT2D eigenvalue weighted by Gasteiger charge is 2.37. The largest absolute Gasteiger partial charge is 0.469 e. The van der Waals surface area contributed by atoms with Crippen molar-refractivity contribution >= 4 is 87.0 Å². The normalized spacial score (nSPS) is 16.6. The Hall–Kier alpha value is -0.596. The Balaban J connectivity index is 2.63. The lowest BCUT2D eigenvalue weighted by Gasteiger charge is -2.38. The summed E-state index contributed by atoms with van der Waals surface area (Å²) in [5.74, 6) is 0.0468. The first-order valence-corrected chi connectivity index (χ1v) is 6.37. The Morgan fingerprint density at radius 2 is 1.32 bits per heavy atom. The van der Waals surface area contributed by atoms with Gasteiger partial charge in [-0.25, -0.2) is 0 Å². The van der Waals surface area contributed by atoms with Crippen molar-refractivity contribution in [1.29, 1.82) is 0 Å². The van der Waals surface area contributed by atoms with Crippen LogP contribution in [0, 0.1) is 0 Å². The number of fused-ring (bicyclic) bond motifs is 1. The molecule has 18 radical (unpaired) electrons. The molecule has 0 fully saturated rings. The summed E-state index contributed by atoms with van der Waals surface area (Å²) >= 11 is 0. The lowest BCUT2D eigenvalue weighted by molar-refractivity contribution is 0.0844. The summed E-state index contributed by atoms with van der Waals surface area (Å²) in [5.41, 5.74) is -1.75. The van der Waals surface area contributed by atoms with E-state index in [1.807, 2.05) is 0 Å². The van der Waals surface area contributed by atoms with Crippen LogP contribution in [0.15, 0.2) is 0 Å². The average Bonchev–Trinajstić information content (AvgIpc) is 2.59. The van der Waals surface area contributed by atoms with Gasteiger partial charge in [-0.2, -0.15) is 0 Å². The fourth-order valence-corrected chi connectivity index (χ4v) is 2.52. The summed E-state index contributed by atoms with van der Waals surface area (Å²) in [7, 11) is 52.8. The van der Waals surface area contributed by atoms with Crippen LogP contribution in [0.4, 0.5) is 0 Å². The summed E-state index contributed by atoms with van der Waals surface area (Å²) in [6, 6.07) is 0. The van der Waals surface area contributed by atoms with Crippen LogP contribution in [-0.2, 0) is 5.21 Å². The molecule has 1 aromatic rings. The zero-order valence-electron chi connectivity index (χ0n) is 12.2. The minimum absolute atomic E-state index is 0.00740. The molecule has 1 aliphatic heterocycles. The molecule has 0 amide bonds. The van der Waals surface area contributed by atoms with Crippen LogP contribution in [0.3, 0.4) is 0 Å². The van der Waals surface area contributed by atoms with Crippen molar-refractivity contribution in [3.63, 3.8) is 0 Å². The molecule has 2 nitrogen and oxygen atoms in total. The molecule has 1 heterocycles. The number of hydrogen-bond donors (Lipinski definition) is 0. The van der Waals surface area contributed by atoms with E-state index in [-0.39, 0.29) is 39.9 Å². The van der Waals surface area contributed by atoms with E-state index in [4.69, 9.17) is 80.1 Å². The van der Waals surface area contributed by atoms with Gasteiger partial charge in [-0.3, -0.25) is 0 Å². The Morgan fingerprint density at radius 1 is 0.864 bits per heavy atom. The van der Waals surface area contributed by atoms with E-state index in [9.17, 15) is 0 Å². The molecule has 0 atom stereocenters. The van der Waals surface area contributed by atoms with E-state index in [0.29, 0.717) is 0 Å². The van der Waals surface area contributed by atoms with Crippen LogP contribution >= 0.6 is 0 Å². The topological polar surface area (TPSA) is 18.5 Å². The molecule has 88 valence electrons. The first-order chi connectivity index (χ1) is 9.75. The molecule has 11 heteroatoms. The van der Waals surface area contributed by atoms with Gasteiger partial charge in [0, 0.05) is 0 Å². The zero-order chi connectivity index (χ0) is 17.1. The van der Waals surface area contributed by atoms with Crippen molar-refractivity contribution in [1.82, 2.24) is 0 Å². The van der Waals surface area contributed by atoms with Crippen molar-refractivity contribution in [2.45, 2.75) is 29.4 Å². The molecule has 0 N–H and O–H groups in total. The Labute approximate surface area is 143 Å². The quantitative estimate of drug-likeness (QED) is 0.522. The van der Waals surface area contributed by atoms with Gasteiger partial charge in [-0.05, 0) is 5.46 Å². The summed E-state index contributed by atoms with van der Waals surface area (Å²) in [6.07, 6.45) is -0.0378. The second kappa shape index (κ2) is 5.21. The van der Waals surface area contributed by atoms with Crippen LogP contribution in [0.5, 0.6) is 11.5 Å². The van der Waals surface area contributed by atoms with E-state index in [1.165, 1.54) is 0 Å². The van der Waals surface area contributed by atoms with Gasteiger partial charge in [-0.1, -0.05) is 35.0 Å². The van der Waals surface area contributed by atoms with Crippen LogP contribution in [0.25, 0.3) is 0 Å². The summed E-state index contributed by atoms with van der Waals surface area (Å²) in [5, 5.41) is -2.73. The third kappa shape index (κ3) is 3.19. The van der Waals surface area contributed by atoms with Gasteiger partial charge in [0.15, 0.2) is 32.8 Å². The van der Waals surface area contributed by atoms with Crippen molar-refractivity contribution in [2.75, 3.05) is 0 Å². The average molecular weight is 266 g/mol. The summed E-state index contributed by atoms with van der Waals surface area (Å²) in [4.78, 5) is 0. The molecule has 0 spiro atoms. The second-order valence-corrected chi connectivity index (χ2v) is 5.92. The number of ether oxygens (including phenoxy) is 2. The molecule has 0 aliphatic carbocycles. The molecule has 0 saturated carbocycles. The maximum atomic E-state index is 6.10. The summed E-state index contributed by atoms with van der Waals surface area (Å²) < 4.78 is 10.4. The van der Waals surface area contributed by atoms with Crippen LogP contribution in [0.2, 0.25) is 5.21 Å². The smallest absolute Gasteiger partial charge is 0.175 e. The molecular weight excluding hydrogens is 261 g/mol. The number of rotatable bonds is 3. The fourth-order valence-electron chi connectivity index (χ4n) is 2.52. The van der Waals surface area contributed by atoms with Crippen molar-refractivity contribution in [3.8, 4) is 11.5 Å². The van der Waals surface area contributed by atoms with Crippen molar-refractivity contribution < 1.29 is 9.47 Å². The summed E-state index contributed by atoms with van der Waals surface area (Å²) in [6.45, 7) is 1.55. The molecule has 0 saturated heterocycles. The molecule has 0 bridgehead atoms. The Bertz CT molecular complexity index is 621. The SMILES string of the molecule is [B]c1c([B])c(C([B])([B])CC([B])([B])C)c([B])c2c1OC([B])([B])O2. The highest BCUT2D eigenvalue weighted by atomic mass is 16.7. The van der Waals surface area contributed by atoms with E-state index < -0.39 is 16.0 Å². The van der Waals surface area contributed by atoms with Gasteiger partial charge in [-0.15, -0.1) is 5.21 Å². The van der Waals surface area contributed by atoms with E-state index in [2.05, 4.69) is 0 Å².